The molecule has 1 aromatic rings. The maximum atomic E-state index is 8.96. The molecule has 0 aliphatic heterocycles. The van der Waals surface area contributed by atoms with Crippen LogP contribution in [0.4, 0.5) is 5.69 Å². The van der Waals surface area contributed by atoms with Gasteiger partial charge in [0.25, 0.3) is 0 Å². The second-order valence-electron chi connectivity index (χ2n) is 5.50. The van der Waals surface area contributed by atoms with Crippen molar-refractivity contribution < 1.29 is 0 Å². The minimum Gasteiger partial charge on any atom is -0.368 e. The Hall–Kier alpha value is -1.56. The molecule has 0 saturated heterocycles. The van der Waals surface area contributed by atoms with E-state index in [-0.39, 0.29) is 0 Å². The lowest BCUT2D eigenvalue weighted by Gasteiger charge is -2.32. The molecule has 1 saturated carbocycles. The number of nitriles is 1. The minimum absolute atomic E-state index is 0.513. The number of hydrogen-bond acceptors (Lipinski definition) is 3. The second-order valence-corrected chi connectivity index (χ2v) is 5.50. The number of aromatic nitrogens is 1. The normalized spacial score (nSPS) is 15.9. The molecule has 0 atom stereocenters. The molecule has 1 aliphatic rings. The zero-order valence-electron chi connectivity index (χ0n) is 11.3. The van der Waals surface area contributed by atoms with E-state index in [0.29, 0.717) is 17.7 Å². The first-order chi connectivity index (χ1) is 8.70. The monoisotopic (exact) mass is 243 g/mol. The van der Waals surface area contributed by atoms with Crippen molar-refractivity contribution in [2.45, 2.75) is 45.6 Å². The van der Waals surface area contributed by atoms with E-state index in [1.807, 2.05) is 12.1 Å². The lowest BCUT2D eigenvalue weighted by atomic mass is 10.1. The molecule has 0 bridgehead atoms. The molecule has 3 heteroatoms. The third kappa shape index (κ3) is 3.01. The molecule has 2 rings (SSSR count). The van der Waals surface area contributed by atoms with E-state index in [2.05, 4.69) is 29.8 Å². The van der Waals surface area contributed by atoms with Gasteiger partial charge in [0.1, 0.15) is 11.8 Å². The van der Waals surface area contributed by atoms with Gasteiger partial charge in [-0.2, -0.15) is 5.26 Å². The fourth-order valence-electron chi connectivity index (χ4n) is 2.73. The molecule has 0 aromatic carbocycles. The molecule has 96 valence electrons. The van der Waals surface area contributed by atoms with Gasteiger partial charge in [-0.05, 0) is 30.9 Å². The quantitative estimate of drug-likeness (QED) is 0.814. The van der Waals surface area contributed by atoms with Crippen LogP contribution >= 0.6 is 0 Å². The van der Waals surface area contributed by atoms with Crippen molar-refractivity contribution in [2.24, 2.45) is 5.92 Å². The molecule has 0 spiro atoms. The first-order valence-corrected chi connectivity index (χ1v) is 6.83. The summed E-state index contributed by atoms with van der Waals surface area (Å²) in [4.78, 5) is 6.53. The lowest BCUT2D eigenvalue weighted by molar-refractivity contribution is 0.535. The molecular weight excluding hydrogens is 222 g/mol. The predicted molar refractivity (Wildman–Crippen MR) is 73.4 cm³/mol. The van der Waals surface area contributed by atoms with Gasteiger partial charge in [-0.1, -0.05) is 26.7 Å². The first kappa shape index (κ1) is 12.9. The lowest BCUT2D eigenvalue weighted by Crippen LogP contribution is -2.36. The van der Waals surface area contributed by atoms with Crippen molar-refractivity contribution in [2.75, 3.05) is 11.4 Å². The van der Waals surface area contributed by atoms with Gasteiger partial charge in [0.2, 0.25) is 0 Å². The highest BCUT2D eigenvalue weighted by atomic mass is 15.2. The highest BCUT2D eigenvalue weighted by Crippen LogP contribution is 2.29. The van der Waals surface area contributed by atoms with Crippen LogP contribution in [0.3, 0.4) is 0 Å². The highest BCUT2D eigenvalue weighted by molar-refractivity contribution is 5.49. The Bertz CT molecular complexity index is 428. The van der Waals surface area contributed by atoms with E-state index >= 15 is 0 Å². The second kappa shape index (κ2) is 5.86. The number of hydrogen-bond donors (Lipinski definition) is 0. The van der Waals surface area contributed by atoms with Crippen LogP contribution < -0.4 is 4.90 Å². The highest BCUT2D eigenvalue weighted by Gasteiger charge is 2.23. The summed E-state index contributed by atoms with van der Waals surface area (Å²) in [5.41, 5.74) is 1.67. The summed E-state index contributed by atoms with van der Waals surface area (Å²) < 4.78 is 0. The molecule has 1 aromatic heterocycles. The SMILES string of the molecule is CC(C)CN(c1ccnc(C#N)c1)C1CCCC1. The summed E-state index contributed by atoms with van der Waals surface area (Å²) in [7, 11) is 0. The van der Waals surface area contributed by atoms with Gasteiger partial charge >= 0.3 is 0 Å². The fourth-order valence-corrected chi connectivity index (χ4v) is 2.73. The van der Waals surface area contributed by atoms with Gasteiger partial charge < -0.3 is 4.90 Å². The van der Waals surface area contributed by atoms with Gasteiger partial charge in [0.05, 0.1) is 0 Å². The summed E-state index contributed by atoms with van der Waals surface area (Å²) in [5.74, 6) is 0.629. The minimum atomic E-state index is 0.513. The molecule has 1 fully saturated rings. The molecule has 1 aliphatic carbocycles. The number of nitrogens with zero attached hydrogens (tertiary/aromatic N) is 3. The molecule has 0 radical (unpaired) electrons. The van der Waals surface area contributed by atoms with Gasteiger partial charge in [-0.3, -0.25) is 0 Å². The number of anilines is 1. The average Bonchev–Trinajstić information content (AvgIpc) is 2.89. The van der Waals surface area contributed by atoms with Crippen molar-refractivity contribution >= 4 is 5.69 Å². The van der Waals surface area contributed by atoms with Crippen LogP contribution in [-0.2, 0) is 0 Å². The topological polar surface area (TPSA) is 39.9 Å². The molecule has 0 N–H and O–H groups in total. The summed E-state index contributed by atoms with van der Waals surface area (Å²) in [6.07, 6.45) is 6.95. The summed E-state index contributed by atoms with van der Waals surface area (Å²) in [6, 6.07) is 6.72. The smallest absolute Gasteiger partial charge is 0.142 e. The maximum Gasteiger partial charge on any atom is 0.142 e. The largest absolute Gasteiger partial charge is 0.368 e. The Morgan fingerprint density at radius 3 is 2.78 bits per heavy atom. The Labute approximate surface area is 109 Å². The van der Waals surface area contributed by atoms with Gasteiger partial charge in [0.15, 0.2) is 0 Å². The first-order valence-electron chi connectivity index (χ1n) is 6.83. The van der Waals surface area contributed by atoms with E-state index in [0.717, 1.165) is 12.2 Å². The predicted octanol–water partition coefficient (Wildman–Crippen LogP) is 3.36. The third-order valence-electron chi connectivity index (χ3n) is 3.52. The van der Waals surface area contributed by atoms with Crippen molar-refractivity contribution in [3.05, 3.63) is 24.0 Å². The zero-order valence-corrected chi connectivity index (χ0v) is 11.3. The third-order valence-corrected chi connectivity index (χ3v) is 3.52. The molecule has 3 nitrogen and oxygen atoms in total. The van der Waals surface area contributed by atoms with Crippen LogP contribution in [-0.4, -0.2) is 17.6 Å². The molecule has 0 amide bonds. The summed E-state index contributed by atoms with van der Waals surface area (Å²) in [6.45, 7) is 5.54. The van der Waals surface area contributed by atoms with Crippen LogP contribution in [0.25, 0.3) is 0 Å². The Morgan fingerprint density at radius 2 is 2.17 bits per heavy atom. The number of pyridine rings is 1. The zero-order chi connectivity index (χ0) is 13.0. The van der Waals surface area contributed by atoms with Crippen LogP contribution in [0.15, 0.2) is 18.3 Å². The van der Waals surface area contributed by atoms with E-state index in [4.69, 9.17) is 5.26 Å². The van der Waals surface area contributed by atoms with E-state index in [1.54, 1.807) is 6.20 Å². The molecule has 1 heterocycles. The fraction of sp³-hybridized carbons (Fsp3) is 0.600. The van der Waals surface area contributed by atoms with E-state index < -0.39 is 0 Å². The van der Waals surface area contributed by atoms with Gasteiger partial charge in [-0.25, -0.2) is 4.98 Å². The van der Waals surface area contributed by atoms with Crippen molar-refractivity contribution in [3.63, 3.8) is 0 Å². The molecule has 0 unspecified atom stereocenters. The standard InChI is InChI=1S/C15H21N3/c1-12(2)11-18(14-5-3-4-6-14)15-7-8-17-13(9-15)10-16/h7-9,12,14H,3-6,11H2,1-2H3. The Morgan fingerprint density at radius 1 is 1.44 bits per heavy atom. The van der Waals surface area contributed by atoms with Gasteiger partial charge in [-0.15, -0.1) is 0 Å². The number of rotatable bonds is 4. The molecular formula is C15H21N3. The van der Waals surface area contributed by atoms with Crippen LogP contribution in [0.2, 0.25) is 0 Å². The van der Waals surface area contributed by atoms with Crippen molar-refractivity contribution in [1.82, 2.24) is 4.98 Å². The van der Waals surface area contributed by atoms with Crippen molar-refractivity contribution in [3.8, 4) is 6.07 Å². The molecule has 18 heavy (non-hydrogen) atoms. The average molecular weight is 243 g/mol. The Balaban J connectivity index is 2.23. The summed E-state index contributed by atoms with van der Waals surface area (Å²) >= 11 is 0. The van der Waals surface area contributed by atoms with Crippen molar-refractivity contribution in [1.29, 1.82) is 5.26 Å². The van der Waals surface area contributed by atoms with Crippen LogP contribution in [0.1, 0.15) is 45.2 Å². The van der Waals surface area contributed by atoms with Crippen LogP contribution in [0, 0.1) is 17.2 Å². The summed E-state index contributed by atoms with van der Waals surface area (Å²) in [5, 5.41) is 8.96. The van der Waals surface area contributed by atoms with E-state index in [1.165, 1.54) is 25.7 Å². The maximum absolute atomic E-state index is 8.96. The van der Waals surface area contributed by atoms with E-state index in [9.17, 15) is 0 Å². The van der Waals surface area contributed by atoms with Crippen LogP contribution in [0.5, 0.6) is 0 Å². The van der Waals surface area contributed by atoms with Gasteiger partial charge in [0, 0.05) is 24.5 Å². The Kier molecular flexibility index (Phi) is 4.19.